The Morgan fingerprint density at radius 2 is 1.63 bits per heavy atom. The number of H-pyrrole nitrogens is 1. The summed E-state index contributed by atoms with van der Waals surface area (Å²) in [5.41, 5.74) is -1.10. The number of hydrogen-bond acceptors (Lipinski definition) is 8. The van der Waals surface area contributed by atoms with E-state index in [9.17, 15) is 9.59 Å². The zero-order chi connectivity index (χ0) is 27.0. The van der Waals surface area contributed by atoms with Gasteiger partial charge in [0.25, 0.3) is 5.56 Å². The highest BCUT2D eigenvalue weighted by molar-refractivity contribution is 7.34. The molecule has 2 heterocycles. The molecule has 1 fully saturated rings. The van der Waals surface area contributed by atoms with Crippen molar-refractivity contribution in [2.24, 2.45) is 0 Å². The van der Waals surface area contributed by atoms with Crippen molar-refractivity contribution in [2.75, 3.05) is 13.7 Å². The van der Waals surface area contributed by atoms with E-state index >= 15 is 0 Å². The smallest absolute Gasteiger partial charge is 0.414 e. The van der Waals surface area contributed by atoms with Gasteiger partial charge in [0.15, 0.2) is 29.0 Å². The van der Waals surface area contributed by atoms with Gasteiger partial charge in [-0.1, -0.05) is 46.7 Å². The molecular formula is C22H43N3O7PSi2+. The lowest BCUT2D eigenvalue weighted by Crippen LogP contribution is -2.50. The van der Waals surface area contributed by atoms with Crippen LogP contribution in [0, 0.1) is 5.16 Å². The Morgan fingerprint density at radius 3 is 2.11 bits per heavy atom. The van der Waals surface area contributed by atoms with Crippen molar-refractivity contribution in [2.45, 2.75) is 102 Å². The minimum absolute atomic E-state index is 0.0111. The van der Waals surface area contributed by atoms with E-state index in [4.69, 9.17) is 27.8 Å². The molecule has 13 heteroatoms. The first-order valence-corrected chi connectivity index (χ1v) is 18.8. The summed E-state index contributed by atoms with van der Waals surface area (Å²) in [4.78, 5) is 26.7. The van der Waals surface area contributed by atoms with Crippen LogP contribution >= 0.6 is 8.17 Å². The summed E-state index contributed by atoms with van der Waals surface area (Å²) in [7, 11) is -5.03. The fourth-order valence-electron chi connectivity index (χ4n) is 3.12. The van der Waals surface area contributed by atoms with Gasteiger partial charge in [-0.3, -0.25) is 14.3 Å². The predicted molar refractivity (Wildman–Crippen MR) is 142 cm³/mol. The maximum absolute atomic E-state index is 12.7. The number of nitrogens with one attached hydrogen (secondary N) is 2. The topological polar surface area (TPSA) is 125 Å². The molecule has 1 saturated heterocycles. The first kappa shape index (κ1) is 30.2. The molecule has 0 aromatic carbocycles. The third-order valence-corrected chi connectivity index (χ3v) is 17.2. The molecule has 1 aromatic heterocycles. The van der Waals surface area contributed by atoms with Crippen molar-refractivity contribution in [3.05, 3.63) is 33.1 Å². The maximum Gasteiger partial charge on any atom is 0.556 e. The maximum atomic E-state index is 12.7. The average Bonchev–Trinajstić information content (AvgIpc) is 3.01. The van der Waals surface area contributed by atoms with Gasteiger partial charge in [-0.15, -0.1) is 9.05 Å². The summed E-state index contributed by atoms with van der Waals surface area (Å²) in [6.45, 7) is 21.6. The van der Waals surface area contributed by atoms with Crippen molar-refractivity contribution in [1.29, 1.82) is 5.16 Å². The van der Waals surface area contributed by atoms with Crippen molar-refractivity contribution in [3.8, 4) is 0 Å². The highest BCUT2D eigenvalue weighted by Gasteiger charge is 2.55. The van der Waals surface area contributed by atoms with Gasteiger partial charge in [0.1, 0.15) is 12.2 Å². The molecule has 5 atom stereocenters. The molecule has 0 radical (unpaired) electrons. The first-order valence-electron chi connectivity index (χ1n) is 11.8. The largest absolute Gasteiger partial charge is 0.556 e. The molecule has 10 nitrogen and oxygen atoms in total. The van der Waals surface area contributed by atoms with Crippen LogP contribution in [-0.4, -0.2) is 58.2 Å². The molecule has 0 bridgehead atoms. The molecule has 0 saturated carbocycles. The molecular weight excluding hydrogens is 505 g/mol. The number of ether oxygens (including phenoxy) is 1. The van der Waals surface area contributed by atoms with Crippen LogP contribution in [0.5, 0.6) is 0 Å². The summed E-state index contributed by atoms with van der Waals surface area (Å²) in [5, 5.41) is 8.05. The summed E-state index contributed by atoms with van der Waals surface area (Å²) in [5.74, 6) is 0. The van der Waals surface area contributed by atoms with E-state index in [1.54, 1.807) is 0 Å². The van der Waals surface area contributed by atoms with Crippen LogP contribution in [0.15, 0.2) is 21.9 Å². The number of aromatic nitrogens is 2. The van der Waals surface area contributed by atoms with E-state index in [0.717, 1.165) is 0 Å². The summed E-state index contributed by atoms with van der Waals surface area (Å²) < 4.78 is 32.1. The van der Waals surface area contributed by atoms with Gasteiger partial charge < -0.3 is 13.6 Å². The molecule has 200 valence electrons. The minimum atomic E-state index is -2.37. The molecule has 2 rings (SSSR count). The standard InChI is InChI=1S/C22H42N3O7PSi2/c1-21(2,3)34(8,9)29-14-15-17(31-33(23)28-7)18(32-35(10,11)22(4,5)6)19(30-15)25-13-12-16(26)24-20(25)27/h12-13,15,17-19,23H,14H2,1-11H3/p+1/t15-,17-,18-,19-/m1/s1. The summed E-state index contributed by atoms with van der Waals surface area (Å²) in [6.07, 6.45) is -1.49. The van der Waals surface area contributed by atoms with Crippen molar-refractivity contribution >= 4 is 24.8 Å². The van der Waals surface area contributed by atoms with E-state index in [0.29, 0.717) is 0 Å². The number of nitrogens with zero attached hydrogens (tertiary/aromatic N) is 1. The molecule has 0 amide bonds. The van der Waals surface area contributed by atoms with Gasteiger partial charge >= 0.3 is 13.9 Å². The van der Waals surface area contributed by atoms with Crippen LogP contribution in [0.25, 0.3) is 0 Å². The summed E-state index contributed by atoms with van der Waals surface area (Å²) >= 11 is 0. The lowest BCUT2D eigenvalue weighted by Gasteiger charge is -2.40. The Balaban J connectivity index is 2.54. The fraction of sp³-hybridized carbons (Fsp3) is 0.818. The molecule has 1 unspecified atom stereocenters. The highest BCUT2D eigenvalue weighted by atomic mass is 31.1. The molecule has 0 aliphatic carbocycles. The molecule has 2 N–H and O–H groups in total. The van der Waals surface area contributed by atoms with Crippen molar-refractivity contribution < 1.29 is 22.6 Å². The second-order valence-electron chi connectivity index (χ2n) is 12.0. The quantitative estimate of drug-likeness (QED) is 0.330. The van der Waals surface area contributed by atoms with Crippen LogP contribution in [0.2, 0.25) is 36.3 Å². The second kappa shape index (κ2) is 10.8. The van der Waals surface area contributed by atoms with Gasteiger partial charge in [-0.25, -0.2) is 4.79 Å². The Morgan fingerprint density at radius 1 is 1.06 bits per heavy atom. The molecule has 0 spiro atoms. The molecule has 1 aromatic rings. The lowest BCUT2D eigenvalue weighted by molar-refractivity contribution is -0.0506. The average molecular weight is 549 g/mol. The monoisotopic (exact) mass is 548 g/mol. The highest BCUT2D eigenvalue weighted by Crippen LogP contribution is 2.45. The van der Waals surface area contributed by atoms with Crippen LogP contribution in [0.4, 0.5) is 0 Å². The predicted octanol–water partition coefficient (Wildman–Crippen LogP) is 4.95. The molecule has 1 aliphatic rings. The zero-order valence-electron chi connectivity index (χ0n) is 22.9. The first-order chi connectivity index (χ1) is 15.8. The van der Waals surface area contributed by atoms with E-state index in [-0.39, 0.29) is 16.7 Å². The van der Waals surface area contributed by atoms with Crippen LogP contribution in [-0.2, 0) is 22.6 Å². The minimum Gasteiger partial charge on any atom is -0.414 e. The van der Waals surface area contributed by atoms with E-state index < -0.39 is 60.6 Å². The Hall–Kier alpha value is -0.986. The van der Waals surface area contributed by atoms with Gasteiger partial charge in [0.2, 0.25) is 0 Å². The van der Waals surface area contributed by atoms with E-state index in [2.05, 4.69) is 72.7 Å². The fourth-order valence-corrected chi connectivity index (χ4v) is 5.99. The Labute approximate surface area is 211 Å². The van der Waals surface area contributed by atoms with Gasteiger partial charge in [0.05, 0.1) is 13.7 Å². The lowest BCUT2D eigenvalue weighted by atomic mass is 10.1. The number of rotatable bonds is 9. The molecule has 35 heavy (non-hydrogen) atoms. The molecule has 1 aliphatic heterocycles. The zero-order valence-corrected chi connectivity index (χ0v) is 25.8. The number of hydrogen-bond donors (Lipinski definition) is 2. The van der Waals surface area contributed by atoms with Gasteiger partial charge in [0, 0.05) is 12.3 Å². The van der Waals surface area contributed by atoms with Crippen molar-refractivity contribution in [3.63, 3.8) is 0 Å². The van der Waals surface area contributed by atoms with Crippen LogP contribution in [0.3, 0.4) is 0 Å². The van der Waals surface area contributed by atoms with Crippen molar-refractivity contribution in [1.82, 2.24) is 9.55 Å². The van der Waals surface area contributed by atoms with Gasteiger partial charge in [-0.2, -0.15) is 0 Å². The third-order valence-electron chi connectivity index (χ3n) is 7.45. The third kappa shape index (κ3) is 7.07. The Kier molecular flexibility index (Phi) is 9.32. The summed E-state index contributed by atoms with van der Waals surface area (Å²) in [6, 6.07) is 1.27. The van der Waals surface area contributed by atoms with E-state index in [1.165, 1.54) is 23.9 Å². The normalized spacial score (nSPS) is 24.6. The number of aromatic amines is 1. The SMILES string of the molecule is CO[P+](=N)O[C@H]1[C@@H](O[Si](C)(C)C(C)(C)C)[C@H](n2ccc(=O)[nH]c2=O)O[C@@H]1CO[Si](C)(C)C(C)(C)C. The van der Waals surface area contributed by atoms with Gasteiger partial charge in [-0.05, 0) is 36.3 Å². The Bertz CT molecular complexity index is 1010. The van der Waals surface area contributed by atoms with E-state index in [1.807, 2.05) is 0 Å². The second-order valence-corrected chi connectivity index (χ2v) is 22.7. The van der Waals surface area contributed by atoms with Crippen LogP contribution < -0.4 is 11.2 Å². The van der Waals surface area contributed by atoms with Crippen LogP contribution in [0.1, 0.15) is 47.8 Å².